The summed E-state index contributed by atoms with van der Waals surface area (Å²) < 4.78 is 0. The first-order valence-corrected chi connectivity index (χ1v) is 0. The average molecular weight is 341 g/mol. The molecule has 0 aliphatic heterocycles. The first-order valence-electron chi connectivity index (χ1n) is 0. The molecule has 0 bridgehead atoms. The standard InChI is InChI=1S/Au.Mo.3O/q;;3*-2. The van der Waals surface area contributed by atoms with E-state index in [-0.39, 0.29) is 59.9 Å². The van der Waals surface area contributed by atoms with Gasteiger partial charge in [-0.2, -0.15) is 0 Å². The van der Waals surface area contributed by atoms with Crippen LogP contribution in [0.3, 0.4) is 0 Å². The normalized spacial score (nSPS) is 0. The van der Waals surface area contributed by atoms with E-state index in [1.54, 1.807) is 0 Å². The van der Waals surface area contributed by atoms with Gasteiger partial charge in [0.2, 0.25) is 0 Å². The largest absolute Gasteiger partial charge is 2.00 e. The SMILES string of the molecule is [Au].[Mo].[O-2].[O-2].[O-2]. The van der Waals surface area contributed by atoms with Crippen molar-refractivity contribution in [1.29, 1.82) is 0 Å². The van der Waals surface area contributed by atoms with Gasteiger partial charge in [-0.15, -0.1) is 0 Å². The van der Waals surface area contributed by atoms with E-state index in [0.717, 1.165) is 0 Å². The summed E-state index contributed by atoms with van der Waals surface area (Å²) in [6.07, 6.45) is 0. The van der Waals surface area contributed by atoms with Gasteiger partial charge in [0.15, 0.2) is 0 Å². The fourth-order valence-electron chi connectivity index (χ4n) is 0. The molecule has 5 heavy (non-hydrogen) atoms. The van der Waals surface area contributed by atoms with Crippen molar-refractivity contribution in [2.45, 2.75) is 0 Å². The summed E-state index contributed by atoms with van der Waals surface area (Å²) >= 11 is 0. The molecule has 0 amide bonds. The second-order valence-corrected chi connectivity index (χ2v) is 0. The van der Waals surface area contributed by atoms with Crippen molar-refractivity contribution >= 4 is 0 Å². The van der Waals surface area contributed by atoms with Crippen LogP contribution in [0.15, 0.2) is 0 Å². The summed E-state index contributed by atoms with van der Waals surface area (Å²) in [6, 6.07) is 0. The van der Waals surface area contributed by atoms with Crippen molar-refractivity contribution in [3.63, 3.8) is 0 Å². The Bertz CT molecular complexity index is 6.85. The van der Waals surface area contributed by atoms with Gasteiger partial charge < -0.3 is 16.4 Å². The number of hydrogen-bond acceptors (Lipinski definition) is 0. The van der Waals surface area contributed by atoms with E-state index in [1.807, 2.05) is 0 Å². The van der Waals surface area contributed by atoms with Crippen LogP contribution in [0.25, 0.3) is 0 Å². The van der Waals surface area contributed by atoms with Crippen LogP contribution in [0.4, 0.5) is 0 Å². The van der Waals surface area contributed by atoms with Crippen LogP contribution < -0.4 is 0 Å². The first-order chi connectivity index (χ1) is 0. The average Bonchev–Trinajstić information content (AvgIpc) is 0. The third-order valence-electron chi connectivity index (χ3n) is 0. The van der Waals surface area contributed by atoms with Gasteiger partial charge in [0.25, 0.3) is 0 Å². The van der Waals surface area contributed by atoms with E-state index in [9.17, 15) is 0 Å². The van der Waals surface area contributed by atoms with Gasteiger partial charge in [0.1, 0.15) is 0 Å². The van der Waals surface area contributed by atoms with E-state index in [2.05, 4.69) is 0 Å². The second-order valence-electron chi connectivity index (χ2n) is 0. The maximum atomic E-state index is 0. The molecule has 0 aromatic rings. The topological polar surface area (TPSA) is 85.5 Å². The number of rotatable bonds is 0. The van der Waals surface area contributed by atoms with Gasteiger partial charge in [-0.3, -0.25) is 0 Å². The maximum Gasteiger partial charge on any atom is 0 e. The monoisotopic (exact) mass is 343 g/mol. The van der Waals surface area contributed by atoms with Gasteiger partial charge in [0, 0.05) is 43.4 Å². The molecular weight excluding hydrogens is 341 g/mol. The fraction of sp³-hybridized carbons (Fsp3) is 0. The zero-order chi connectivity index (χ0) is 0. The summed E-state index contributed by atoms with van der Waals surface area (Å²) in [7, 11) is 0. The molecule has 0 aliphatic rings. The summed E-state index contributed by atoms with van der Waals surface area (Å²) in [4.78, 5) is 0. The molecule has 3 nitrogen and oxygen atoms in total. The molecule has 0 atom stereocenters. The third kappa shape index (κ3) is 33.9. The van der Waals surface area contributed by atoms with Crippen molar-refractivity contribution in [3.05, 3.63) is 0 Å². The van der Waals surface area contributed by atoms with Crippen molar-refractivity contribution in [3.8, 4) is 0 Å². The van der Waals surface area contributed by atoms with Crippen LogP contribution in [-0.4, -0.2) is 0 Å². The quantitative estimate of drug-likeness (QED) is 0.539. The van der Waals surface area contributed by atoms with Crippen LogP contribution in [0, 0.1) is 0 Å². The minimum absolute atomic E-state index is 0. The van der Waals surface area contributed by atoms with Crippen LogP contribution in [0.5, 0.6) is 0 Å². The Kier molecular flexibility index (Phi) is 1200. The molecule has 0 rings (SSSR count). The molecule has 0 aromatic heterocycles. The van der Waals surface area contributed by atoms with Crippen LogP contribution in [0.2, 0.25) is 0 Å². The maximum absolute atomic E-state index is 0. The summed E-state index contributed by atoms with van der Waals surface area (Å²) in [6.45, 7) is 0. The Morgan fingerprint density at radius 1 is 0.600 bits per heavy atom. The Balaban J connectivity index is 0. The summed E-state index contributed by atoms with van der Waals surface area (Å²) in [5.41, 5.74) is 0. The van der Waals surface area contributed by atoms with Gasteiger partial charge in [-0.25, -0.2) is 0 Å². The molecule has 0 unspecified atom stereocenters. The molecule has 0 fully saturated rings. The molecule has 5 heteroatoms. The zero-order valence-electron chi connectivity index (χ0n) is 1.93. The third-order valence-corrected chi connectivity index (χ3v) is 0. The smallest absolute Gasteiger partial charge is 0 e. The summed E-state index contributed by atoms with van der Waals surface area (Å²) in [5.74, 6) is 0. The predicted molar refractivity (Wildman–Crippen MR) is 2.06 cm³/mol. The van der Waals surface area contributed by atoms with Crippen LogP contribution in [-0.2, 0) is 59.9 Å². The second kappa shape index (κ2) is 57.6. The van der Waals surface area contributed by atoms with Crippen molar-refractivity contribution < 1.29 is 59.9 Å². The summed E-state index contributed by atoms with van der Waals surface area (Å²) in [5, 5.41) is 0. The number of hydrogen-bond donors (Lipinski definition) is 0. The minimum atomic E-state index is 0. The Hall–Kier alpha value is 1.31. The van der Waals surface area contributed by atoms with Gasteiger partial charge >= 0.3 is 0 Å². The molecule has 0 saturated carbocycles. The molecule has 0 saturated heterocycles. The first kappa shape index (κ1) is 104. The van der Waals surface area contributed by atoms with Crippen LogP contribution in [0.1, 0.15) is 0 Å². The van der Waals surface area contributed by atoms with Gasteiger partial charge in [0.05, 0.1) is 0 Å². The minimum Gasteiger partial charge on any atom is -2.00 e. The van der Waals surface area contributed by atoms with E-state index in [4.69, 9.17) is 0 Å². The van der Waals surface area contributed by atoms with Crippen molar-refractivity contribution in [2.75, 3.05) is 0 Å². The fourth-order valence-corrected chi connectivity index (χ4v) is 0. The Labute approximate surface area is 59.8 Å². The Morgan fingerprint density at radius 2 is 0.600 bits per heavy atom. The van der Waals surface area contributed by atoms with Crippen molar-refractivity contribution in [2.24, 2.45) is 0 Å². The van der Waals surface area contributed by atoms with E-state index >= 15 is 0 Å². The van der Waals surface area contributed by atoms with E-state index in [1.165, 1.54) is 0 Å². The molecule has 0 spiro atoms. The molecule has 0 aliphatic carbocycles. The molecule has 0 aromatic carbocycles. The van der Waals surface area contributed by atoms with E-state index in [0.29, 0.717) is 0 Å². The zero-order valence-corrected chi connectivity index (χ0v) is 6.11. The Morgan fingerprint density at radius 3 is 0.600 bits per heavy atom. The van der Waals surface area contributed by atoms with Gasteiger partial charge in [-0.1, -0.05) is 0 Å². The predicted octanol–water partition coefficient (Wildman–Crippen LogP) is -0.361. The molecule has 0 heterocycles. The van der Waals surface area contributed by atoms with Crippen molar-refractivity contribution in [1.82, 2.24) is 0 Å². The molecular formula is AuMoO3-6. The molecule has 0 N–H and O–H groups in total. The molecule has 1 radical (unpaired) electrons. The van der Waals surface area contributed by atoms with E-state index < -0.39 is 0 Å². The molecule has 41 valence electrons. The van der Waals surface area contributed by atoms with Gasteiger partial charge in [-0.05, 0) is 0 Å². The van der Waals surface area contributed by atoms with Crippen LogP contribution >= 0.6 is 0 Å².